The first-order valence-electron chi connectivity index (χ1n) is 10.8. The number of benzene rings is 3. The summed E-state index contributed by atoms with van der Waals surface area (Å²) in [5.74, 6) is 0. The maximum atomic E-state index is 4.84. The molecule has 4 heterocycles. The number of aromatic nitrogens is 3. The Morgan fingerprint density at radius 3 is 2.12 bits per heavy atom. The number of rotatable bonds is 2. The summed E-state index contributed by atoms with van der Waals surface area (Å²) in [5, 5.41) is 5.05. The molecule has 7 aromatic rings. The first-order valence-corrected chi connectivity index (χ1v) is 10.8. The molecule has 0 N–H and O–H groups in total. The zero-order chi connectivity index (χ0) is 21.2. The molecule has 32 heavy (non-hydrogen) atoms. The van der Waals surface area contributed by atoms with Crippen LogP contribution < -0.4 is 0 Å². The van der Waals surface area contributed by atoms with Crippen LogP contribution in [0.25, 0.3) is 60.6 Å². The second-order valence-corrected chi connectivity index (χ2v) is 8.39. The van der Waals surface area contributed by atoms with E-state index < -0.39 is 0 Å². The number of fused-ring (bicyclic) bond motifs is 6. The van der Waals surface area contributed by atoms with Crippen molar-refractivity contribution in [1.82, 2.24) is 14.4 Å². The van der Waals surface area contributed by atoms with Crippen molar-refractivity contribution in [1.29, 1.82) is 0 Å². The van der Waals surface area contributed by atoms with Gasteiger partial charge in [0.25, 0.3) is 0 Å². The Morgan fingerprint density at radius 2 is 1.28 bits per heavy atom. The summed E-state index contributed by atoms with van der Waals surface area (Å²) >= 11 is 0. The van der Waals surface area contributed by atoms with E-state index in [1.54, 1.807) is 0 Å². The van der Waals surface area contributed by atoms with Crippen LogP contribution in [0.4, 0.5) is 0 Å². The number of hydrogen-bond donors (Lipinski definition) is 0. The van der Waals surface area contributed by atoms with E-state index in [1.165, 1.54) is 43.7 Å². The number of nitrogens with zero attached hydrogens (tertiary/aromatic N) is 3. The van der Waals surface area contributed by atoms with Crippen LogP contribution in [0.5, 0.6) is 0 Å². The Kier molecular flexibility index (Phi) is 3.48. The molecule has 3 heteroatoms. The number of hydrogen-bond acceptors (Lipinski definition) is 2. The first-order chi connectivity index (χ1) is 15.8. The molecular weight excluding hydrogens is 390 g/mol. The molecule has 150 valence electrons. The number of aryl methyl sites for hydroxylation is 1. The van der Waals surface area contributed by atoms with Gasteiger partial charge < -0.3 is 4.40 Å². The van der Waals surface area contributed by atoms with Crippen molar-refractivity contribution in [3.05, 3.63) is 103 Å². The lowest BCUT2D eigenvalue weighted by atomic mass is 10.0. The second kappa shape index (κ2) is 6.38. The van der Waals surface area contributed by atoms with E-state index in [1.807, 2.05) is 18.5 Å². The molecule has 0 aliphatic carbocycles. The normalized spacial score (nSPS) is 11.9. The molecule has 0 bridgehead atoms. The molecule has 0 radical (unpaired) electrons. The molecule has 3 nitrogen and oxygen atoms in total. The first kappa shape index (κ1) is 17.4. The van der Waals surface area contributed by atoms with E-state index in [9.17, 15) is 0 Å². The SMILES string of the molecule is Cc1cc(-c2cc3c4cccc5c6ccccc6n(c3cn2)c54)ncc1-c1ccccc1. The van der Waals surface area contributed by atoms with Gasteiger partial charge in [0.15, 0.2) is 0 Å². The van der Waals surface area contributed by atoms with Gasteiger partial charge in [-0.2, -0.15) is 0 Å². The molecule has 0 fully saturated rings. The standard InChI is InChI=1S/C29H19N3/c1-18-14-25(30-16-24(18)19-8-3-2-4-9-19)26-15-23-22-12-7-11-21-20-10-5-6-13-27(20)32(29(21)22)28(23)17-31-26/h2-17H,1H3. The molecule has 0 saturated heterocycles. The van der Waals surface area contributed by atoms with E-state index in [0.717, 1.165) is 22.5 Å². The second-order valence-electron chi connectivity index (χ2n) is 8.39. The smallest absolute Gasteiger partial charge is 0.0894 e. The third-order valence-electron chi connectivity index (χ3n) is 6.57. The van der Waals surface area contributed by atoms with Gasteiger partial charge in [-0.3, -0.25) is 9.97 Å². The van der Waals surface area contributed by atoms with Gasteiger partial charge in [-0.1, -0.05) is 66.7 Å². The number of para-hydroxylation sites is 2. The lowest BCUT2D eigenvalue weighted by Gasteiger charge is -2.08. The molecule has 0 amide bonds. The zero-order valence-electron chi connectivity index (χ0n) is 17.6. The summed E-state index contributed by atoms with van der Waals surface area (Å²) in [6.45, 7) is 2.14. The van der Waals surface area contributed by atoms with E-state index in [-0.39, 0.29) is 0 Å². The van der Waals surface area contributed by atoms with Crippen LogP contribution in [-0.2, 0) is 0 Å². The molecule has 7 rings (SSSR count). The van der Waals surface area contributed by atoms with Gasteiger partial charge in [0, 0.05) is 33.3 Å². The van der Waals surface area contributed by atoms with Crippen molar-refractivity contribution < 1.29 is 0 Å². The summed E-state index contributed by atoms with van der Waals surface area (Å²) in [5.41, 5.74) is 8.97. The fourth-order valence-electron chi connectivity index (χ4n) is 5.08. The van der Waals surface area contributed by atoms with Crippen molar-refractivity contribution in [2.75, 3.05) is 0 Å². The lowest BCUT2D eigenvalue weighted by Crippen LogP contribution is -1.92. The third kappa shape index (κ3) is 2.31. The van der Waals surface area contributed by atoms with E-state index in [2.05, 4.69) is 90.2 Å². The van der Waals surface area contributed by atoms with Crippen LogP contribution in [0.1, 0.15) is 5.56 Å². The molecular formula is C29H19N3. The van der Waals surface area contributed by atoms with Gasteiger partial charge in [-0.05, 0) is 36.2 Å². The molecule has 0 saturated carbocycles. The summed E-state index contributed by atoms with van der Waals surface area (Å²) < 4.78 is 2.35. The highest BCUT2D eigenvalue weighted by Gasteiger charge is 2.18. The molecule has 0 spiro atoms. The van der Waals surface area contributed by atoms with Crippen LogP contribution in [-0.4, -0.2) is 14.4 Å². The van der Waals surface area contributed by atoms with Crippen LogP contribution in [0.2, 0.25) is 0 Å². The highest BCUT2D eigenvalue weighted by molar-refractivity contribution is 6.23. The number of pyridine rings is 2. The van der Waals surface area contributed by atoms with Crippen molar-refractivity contribution >= 4 is 38.1 Å². The zero-order valence-corrected chi connectivity index (χ0v) is 17.6. The van der Waals surface area contributed by atoms with Gasteiger partial charge in [0.1, 0.15) is 0 Å². The minimum absolute atomic E-state index is 0.901. The lowest BCUT2D eigenvalue weighted by molar-refractivity contribution is 1.23. The van der Waals surface area contributed by atoms with Gasteiger partial charge in [-0.15, -0.1) is 0 Å². The highest BCUT2D eigenvalue weighted by atomic mass is 14.9. The Morgan fingerprint density at radius 1 is 0.594 bits per heavy atom. The highest BCUT2D eigenvalue weighted by Crippen LogP contribution is 2.39. The minimum atomic E-state index is 0.901. The third-order valence-corrected chi connectivity index (χ3v) is 6.57. The van der Waals surface area contributed by atoms with Crippen molar-refractivity contribution in [3.63, 3.8) is 0 Å². The van der Waals surface area contributed by atoms with Crippen LogP contribution in [0.3, 0.4) is 0 Å². The van der Waals surface area contributed by atoms with E-state index >= 15 is 0 Å². The molecule has 0 aliphatic heterocycles. The maximum Gasteiger partial charge on any atom is 0.0894 e. The van der Waals surface area contributed by atoms with E-state index in [4.69, 9.17) is 9.97 Å². The largest absolute Gasteiger partial charge is 0.306 e. The summed E-state index contributed by atoms with van der Waals surface area (Å²) in [6, 6.07) is 29.9. The maximum absolute atomic E-state index is 4.84. The average Bonchev–Trinajstić information content (AvgIpc) is 3.36. The summed E-state index contributed by atoms with van der Waals surface area (Å²) in [6.07, 6.45) is 3.96. The van der Waals surface area contributed by atoms with Gasteiger partial charge in [0.2, 0.25) is 0 Å². The van der Waals surface area contributed by atoms with Crippen molar-refractivity contribution in [3.8, 4) is 22.5 Å². The predicted molar refractivity (Wildman–Crippen MR) is 132 cm³/mol. The summed E-state index contributed by atoms with van der Waals surface area (Å²) in [4.78, 5) is 9.62. The van der Waals surface area contributed by atoms with Crippen LogP contribution in [0, 0.1) is 6.92 Å². The molecule has 0 atom stereocenters. The Bertz CT molecular complexity index is 1780. The van der Waals surface area contributed by atoms with Gasteiger partial charge in [-0.25, -0.2) is 0 Å². The van der Waals surface area contributed by atoms with Crippen LogP contribution in [0.15, 0.2) is 97.3 Å². The monoisotopic (exact) mass is 409 g/mol. The summed E-state index contributed by atoms with van der Waals surface area (Å²) in [7, 11) is 0. The Labute approximate surface area is 184 Å². The molecule has 0 unspecified atom stereocenters. The fourth-order valence-corrected chi connectivity index (χ4v) is 5.08. The van der Waals surface area contributed by atoms with Gasteiger partial charge in [0.05, 0.1) is 34.1 Å². The quantitative estimate of drug-likeness (QED) is 0.301. The average molecular weight is 409 g/mol. The van der Waals surface area contributed by atoms with Crippen LogP contribution >= 0.6 is 0 Å². The molecule has 4 aromatic heterocycles. The topological polar surface area (TPSA) is 30.2 Å². The van der Waals surface area contributed by atoms with E-state index in [0.29, 0.717) is 0 Å². The van der Waals surface area contributed by atoms with Gasteiger partial charge >= 0.3 is 0 Å². The minimum Gasteiger partial charge on any atom is -0.306 e. The van der Waals surface area contributed by atoms with Crippen molar-refractivity contribution in [2.45, 2.75) is 6.92 Å². The fraction of sp³-hybridized carbons (Fsp3) is 0.0345. The van der Waals surface area contributed by atoms with Crippen molar-refractivity contribution in [2.24, 2.45) is 0 Å². The Balaban J connectivity index is 1.46. The Hall–Kier alpha value is -4.24. The molecule has 0 aliphatic rings. The predicted octanol–water partition coefficient (Wildman–Crippen LogP) is 7.27. The molecule has 3 aromatic carbocycles.